The summed E-state index contributed by atoms with van der Waals surface area (Å²) in [6, 6.07) is 7.03. The van der Waals surface area contributed by atoms with Gasteiger partial charge in [-0.05, 0) is 34.5 Å². The molecule has 1 atom stereocenters. The van der Waals surface area contributed by atoms with Crippen LogP contribution in [0.4, 0.5) is 0 Å². The van der Waals surface area contributed by atoms with Gasteiger partial charge in [0.15, 0.2) is 0 Å². The highest BCUT2D eigenvalue weighted by molar-refractivity contribution is 9.10. The molecule has 0 saturated heterocycles. The maximum absolute atomic E-state index is 11.6. The average Bonchev–Trinajstić information content (AvgIpc) is 2.62. The maximum atomic E-state index is 11.6. The van der Waals surface area contributed by atoms with Gasteiger partial charge in [-0.1, -0.05) is 29.8 Å². The second-order valence-corrected chi connectivity index (χ2v) is 5.79. The number of carboxylic acid groups (broad SMARTS) is 1. The van der Waals surface area contributed by atoms with Crippen LogP contribution in [0.3, 0.4) is 0 Å². The van der Waals surface area contributed by atoms with Gasteiger partial charge in [-0.2, -0.15) is 5.10 Å². The zero-order chi connectivity index (χ0) is 14.9. The van der Waals surface area contributed by atoms with Crippen LogP contribution in [0.5, 0.6) is 0 Å². The van der Waals surface area contributed by atoms with Crippen LogP contribution in [0.2, 0.25) is 5.02 Å². The molecule has 2 aromatic rings. The van der Waals surface area contributed by atoms with E-state index in [2.05, 4.69) is 21.0 Å². The number of aliphatic carboxylic acids is 1. The third-order valence-corrected chi connectivity index (χ3v) is 4.61. The summed E-state index contributed by atoms with van der Waals surface area (Å²) in [4.78, 5) is 11.6. The largest absolute Gasteiger partial charge is 0.481 e. The Morgan fingerprint density at radius 2 is 2.15 bits per heavy atom. The molecule has 1 aromatic carbocycles. The number of nitrogens with zero attached hydrogens (tertiary/aromatic N) is 2. The van der Waals surface area contributed by atoms with Crippen LogP contribution in [0.1, 0.15) is 22.9 Å². The van der Waals surface area contributed by atoms with Gasteiger partial charge in [-0.25, -0.2) is 0 Å². The van der Waals surface area contributed by atoms with E-state index in [0.717, 1.165) is 15.9 Å². The van der Waals surface area contributed by atoms with Gasteiger partial charge in [-0.3, -0.25) is 9.48 Å². The summed E-state index contributed by atoms with van der Waals surface area (Å²) in [5, 5.41) is 14.2. The standard InChI is InChI=1S/C14H14BrClN2O2/c1-8-13(15)12(18(2)17-8)7-10(14(19)20)9-5-3-4-6-11(9)16/h3-6,10H,7H2,1-2H3,(H,19,20). The summed E-state index contributed by atoms with van der Waals surface area (Å²) >= 11 is 9.58. The van der Waals surface area contributed by atoms with Crippen molar-refractivity contribution in [1.29, 1.82) is 0 Å². The second kappa shape index (κ2) is 5.97. The van der Waals surface area contributed by atoms with Gasteiger partial charge < -0.3 is 5.11 Å². The van der Waals surface area contributed by atoms with Crippen molar-refractivity contribution >= 4 is 33.5 Å². The molecule has 0 bridgehead atoms. The van der Waals surface area contributed by atoms with E-state index in [1.54, 1.807) is 36.0 Å². The molecular weight excluding hydrogens is 344 g/mol. The fraction of sp³-hybridized carbons (Fsp3) is 0.286. The molecule has 1 N–H and O–H groups in total. The molecule has 0 amide bonds. The molecule has 0 radical (unpaired) electrons. The van der Waals surface area contributed by atoms with Crippen molar-refractivity contribution in [3.8, 4) is 0 Å². The number of aryl methyl sites for hydroxylation is 2. The van der Waals surface area contributed by atoms with Gasteiger partial charge in [0.1, 0.15) is 0 Å². The normalized spacial score (nSPS) is 12.4. The Balaban J connectivity index is 2.41. The third-order valence-electron chi connectivity index (χ3n) is 3.24. The fourth-order valence-corrected chi connectivity index (χ4v) is 2.95. The highest BCUT2D eigenvalue weighted by atomic mass is 79.9. The van der Waals surface area contributed by atoms with Crippen molar-refractivity contribution in [1.82, 2.24) is 9.78 Å². The molecule has 20 heavy (non-hydrogen) atoms. The molecule has 0 aliphatic rings. The van der Waals surface area contributed by atoms with Gasteiger partial charge in [0.2, 0.25) is 0 Å². The molecule has 0 spiro atoms. The molecule has 0 aliphatic carbocycles. The molecule has 1 unspecified atom stereocenters. The van der Waals surface area contributed by atoms with Gasteiger partial charge in [0.05, 0.1) is 21.8 Å². The number of benzene rings is 1. The molecule has 0 saturated carbocycles. The topological polar surface area (TPSA) is 55.1 Å². The molecule has 0 fully saturated rings. The highest BCUT2D eigenvalue weighted by Gasteiger charge is 2.25. The first kappa shape index (κ1) is 15.1. The minimum atomic E-state index is -0.899. The van der Waals surface area contributed by atoms with Crippen molar-refractivity contribution in [2.45, 2.75) is 19.3 Å². The monoisotopic (exact) mass is 356 g/mol. The van der Waals surface area contributed by atoms with E-state index in [0.29, 0.717) is 17.0 Å². The molecule has 4 nitrogen and oxygen atoms in total. The Hall–Kier alpha value is -1.33. The Kier molecular flexibility index (Phi) is 4.50. The Morgan fingerprint density at radius 3 is 2.65 bits per heavy atom. The van der Waals surface area contributed by atoms with Crippen molar-refractivity contribution in [2.24, 2.45) is 7.05 Å². The number of hydrogen-bond donors (Lipinski definition) is 1. The smallest absolute Gasteiger partial charge is 0.311 e. The SMILES string of the molecule is Cc1nn(C)c(CC(C(=O)O)c2ccccc2Cl)c1Br. The van der Waals surface area contributed by atoms with E-state index in [9.17, 15) is 9.90 Å². The summed E-state index contributed by atoms with van der Waals surface area (Å²) in [7, 11) is 1.80. The van der Waals surface area contributed by atoms with Crippen LogP contribution in [0, 0.1) is 6.92 Å². The first-order valence-corrected chi connectivity index (χ1v) is 7.24. The predicted octanol–water partition coefficient (Wildman–Crippen LogP) is 3.56. The van der Waals surface area contributed by atoms with E-state index in [1.807, 2.05) is 6.92 Å². The van der Waals surface area contributed by atoms with E-state index in [4.69, 9.17) is 11.6 Å². The number of hydrogen-bond acceptors (Lipinski definition) is 2. The van der Waals surface area contributed by atoms with Crippen molar-refractivity contribution in [2.75, 3.05) is 0 Å². The van der Waals surface area contributed by atoms with Gasteiger partial charge in [-0.15, -0.1) is 0 Å². The average molecular weight is 358 g/mol. The number of halogens is 2. The number of carbonyl (C=O) groups is 1. The summed E-state index contributed by atoms with van der Waals surface area (Å²) in [6.07, 6.45) is 0.330. The zero-order valence-corrected chi connectivity index (χ0v) is 13.4. The molecule has 106 valence electrons. The lowest BCUT2D eigenvalue weighted by atomic mass is 9.94. The summed E-state index contributed by atoms with van der Waals surface area (Å²) < 4.78 is 2.55. The molecule has 1 aromatic heterocycles. The maximum Gasteiger partial charge on any atom is 0.311 e. The Morgan fingerprint density at radius 1 is 1.50 bits per heavy atom. The summed E-state index contributed by atoms with van der Waals surface area (Å²) in [5.41, 5.74) is 2.30. The van der Waals surface area contributed by atoms with E-state index in [1.165, 1.54) is 0 Å². The van der Waals surface area contributed by atoms with Crippen LogP contribution in [-0.2, 0) is 18.3 Å². The van der Waals surface area contributed by atoms with Crippen molar-refractivity contribution < 1.29 is 9.90 Å². The fourth-order valence-electron chi connectivity index (χ4n) is 2.18. The summed E-state index contributed by atoms with van der Waals surface area (Å²) in [5.74, 6) is -1.60. The van der Waals surface area contributed by atoms with E-state index >= 15 is 0 Å². The lowest BCUT2D eigenvalue weighted by Crippen LogP contribution is -2.17. The molecule has 6 heteroatoms. The van der Waals surface area contributed by atoms with E-state index in [-0.39, 0.29) is 0 Å². The van der Waals surface area contributed by atoms with Crippen LogP contribution < -0.4 is 0 Å². The molecule has 0 aliphatic heterocycles. The van der Waals surface area contributed by atoms with Crippen molar-refractivity contribution in [3.05, 3.63) is 50.7 Å². The van der Waals surface area contributed by atoms with Crippen LogP contribution >= 0.6 is 27.5 Å². The number of rotatable bonds is 4. The molecular formula is C14H14BrClN2O2. The first-order chi connectivity index (χ1) is 9.41. The lowest BCUT2D eigenvalue weighted by molar-refractivity contribution is -0.138. The Bertz CT molecular complexity index is 655. The minimum absolute atomic E-state index is 0.330. The minimum Gasteiger partial charge on any atom is -0.481 e. The molecule has 1 heterocycles. The predicted molar refractivity (Wildman–Crippen MR) is 81.2 cm³/mol. The quantitative estimate of drug-likeness (QED) is 0.910. The van der Waals surface area contributed by atoms with E-state index < -0.39 is 11.9 Å². The van der Waals surface area contributed by atoms with Gasteiger partial charge in [0, 0.05) is 18.5 Å². The van der Waals surface area contributed by atoms with Gasteiger partial charge in [0.25, 0.3) is 0 Å². The van der Waals surface area contributed by atoms with Crippen molar-refractivity contribution in [3.63, 3.8) is 0 Å². The second-order valence-electron chi connectivity index (χ2n) is 4.59. The molecule has 2 rings (SSSR count). The lowest BCUT2D eigenvalue weighted by Gasteiger charge is -2.14. The Labute approximate surface area is 130 Å². The first-order valence-electron chi connectivity index (χ1n) is 6.07. The third kappa shape index (κ3) is 2.88. The highest BCUT2D eigenvalue weighted by Crippen LogP contribution is 2.31. The number of carboxylic acids is 1. The number of aromatic nitrogens is 2. The zero-order valence-electron chi connectivity index (χ0n) is 11.1. The summed E-state index contributed by atoms with van der Waals surface area (Å²) in [6.45, 7) is 1.87. The van der Waals surface area contributed by atoms with Crippen LogP contribution in [-0.4, -0.2) is 20.9 Å². The van der Waals surface area contributed by atoms with Crippen LogP contribution in [0.25, 0.3) is 0 Å². The van der Waals surface area contributed by atoms with Crippen LogP contribution in [0.15, 0.2) is 28.7 Å². The van der Waals surface area contributed by atoms with Gasteiger partial charge >= 0.3 is 5.97 Å².